The first-order valence-corrected chi connectivity index (χ1v) is 5.14. The summed E-state index contributed by atoms with van der Waals surface area (Å²) in [6.07, 6.45) is 9.44. The summed E-state index contributed by atoms with van der Waals surface area (Å²) >= 11 is 2.30. The van der Waals surface area contributed by atoms with E-state index in [0.717, 1.165) is 9.87 Å². The maximum absolute atomic E-state index is 4.21. The zero-order chi connectivity index (χ0) is 7.68. The lowest BCUT2D eigenvalue weighted by Gasteiger charge is -2.11. The van der Waals surface area contributed by atoms with Gasteiger partial charge in [0, 0.05) is 18.4 Å². The largest absolute Gasteiger partial charge is 0.323 e. The molecule has 0 spiro atoms. The molecule has 0 aliphatic heterocycles. The summed E-state index contributed by atoms with van der Waals surface area (Å²) in [7, 11) is 0. The molecule has 0 atom stereocenters. The molecule has 0 unspecified atom stereocenters. The summed E-state index contributed by atoms with van der Waals surface area (Å²) in [6, 6.07) is 0.740. The third-order valence-corrected chi connectivity index (χ3v) is 3.18. The lowest BCUT2D eigenvalue weighted by atomic mass is 10.2. The van der Waals surface area contributed by atoms with Gasteiger partial charge in [-0.25, -0.2) is 4.98 Å². The van der Waals surface area contributed by atoms with Crippen molar-refractivity contribution in [1.29, 1.82) is 0 Å². The number of hydrogen-bond donors (Lipinski definition) is 0. The standard InChI is InChI=1S/C8H11IN2/c9-8-10-5-6-11(8)7-3-1-2-4-7/h5-7H,1-4H2. The third kappa shape index (κ3) is 1.43. The van der Waals surface area contributed by atoms with Gasteiger partial charge in [0.1, 0.15) is 0 Å². The molecular formula is C8H11IN2. The Morgan fingerprint density at radius 1 is 1.45 bits per heavy atom. The average Bonchev–Trinajstić information content (AvgIpc) is 2.55. The predicted octanol–water partition coefficient (Wildman–Crippen LogP) is 2.60. The van der Waals surface area contributed by atoms with E-state index in [1.165, 1.54) is 25.7 Å². The van der Waals surface area contributed by atoms with Crippen LogP contribution in [0, 0.1) is 3.83 Å². The van der Waals surface area contributed by atoms with Crippen LogP contribution in [0.3, 0.4) is 0 Å². The highest BCUT2D eigenvalue weighted by Crippen LogP contribution is 2.30. The summed E-state index contributed by atoms with van der Waals surface area (Å²) in [6.45, 7) is 0. The first kappa shape index (κ1) is 7.58. The van der Waals surface area contributed by atoms with Crippen molar-refractivity contribution in [3.05, 3.63) is 16.2 Å². The molecule has 1 aliphatic rings. The van der Waals surface area contributed by atoms with Crippen LogP contribution in [0.25, 0.3) is 0 Å². The molecular weight excluding hydrogens is 251 g/mol. The first-order valence-electron chi connectivity index (χ1n) is 4.06. The number of hydrogen-bond acceptors (Lipinski definition) is 1. The molecule has 1 fully saturated rings. The molecule has 0 aromatic carbocycles. The van der Waals surface area contributed by atoms with Crippen molar-refractivity contribution in [3.63, 3.8) is 0 Å². The van der Waals surface area contributed by atoms with Crippen molar-refractivity contribution >= 4 is 22.6 Å². The van der Waals surface area contributed by atoms with Gasteiger partial charge in [-0.05, 0) is 35.4 Å². The molecule has 60 valence electrons. The zero-order valence-corrected chi connectivity index (χ0v) is 8.49. The molecule has 0 radical (unpaired) electrons. The van der Waals surface area contributed by atoms with E-state index in [-0.39, 0.29) is 0 Å². The molecule has 1 aromatic rings. The van der Waals surface area contributed by atoms with E-state index in [1.54, 1.807) is 0 Å². The van der Waals surface area contributed by atoms with Gasteiger partial charge in [0.25, 0.3) is 0 Å². The van der Waals surface area contributed by atoms with Gasteiger partial charge in [-0.1, -0.05) is 12.8 Å². The second kappa shape index (κ2) is 3.13. The van der Waals surface area contributed by atoms with E-state index in [2.05, 4.69) is 38.3 Å². The molecule has 0 amide bonds. The number of aromatic nitrogens is 2. The Balaban J connectivity index is 2.21. The van der Waals surface area contributed by atoms with Crippen LogP contribution in [0.2, 0.25) is 0 Å². The number of imidazole rings is 1. The molecule has 1 aromatic heterocycles. The topological polar surface area (TPSA) is 17.8 Å². The summed E-state index contributed by atoms with van der Waals surface area (Å²) in [5.41, 5.74) is 0. The molecule has 3 heteroatoms. The number of halogens is 1. The van der Waals surface area contributed by atoms with Gasteiger partial charge in [0.05, 0.1) is 0 Å². The smallest absolute Gasteiger partial charge is 0.171 e. The van der Waals surface area contributed by atoms with Crippen molar-refractivity contribution in [2.45, 2.75) is 31.7 Å². The Morgan fingerprint density at radius 3 is 2.73 bits per heavy atom. The van der Waals surface area contributed by atoms with E-state index in [1.807, 2.05) is 6.20 Å². The van der Waals surface area contributed by atoms with Crippen LogP contribution in [0.5, 0.6) is 0 Å². The maximum atomic E-state index is 4.21. The van der Waals surface area contributed by atoms with Crippen LogP contribution < -0.4 is 0 Å². The zero-order valence-electron chi connectivity index (χ0n) is 6.33. The lowest BCUT2D eigenvalue weighted by Crippen LogP contribution is -2.04. The van der Waals surface area contributed by atoms with Crippen LogP contribution >= 0.6 is 22.6 Å². The highest BCUT2D eigenvalue weighted by Gasteiger charge is 2.17. The fraction of sp³-hybridized carbons (Fsp3) is 0.625. The van der Waals surface area contributed by atoms with E-state index in [4.69, 9.17) is 0 Å². The van der Waals surface area contributed by atoms with Gasteiger partial charge in [-0.3, -0.25) is 0 Å². The van der Waals surface area contributed by atoms with Gasteiger partial charge in [-0.2, -0.15) is 0 Å². The molecule has 0 saturated heterocycles. The van der Waals surface area contributed by atoms with Crippen molar-refractivity contribution in [1.82, 2.24) is 9.55 Å². The lowest BCUT2D eigenvalue weighted by molar-refractivity contribution is 0.507. The molecule has 11 heavy (non-hydrogen) atoms. The average molecular weight is 262 g/mol. The van der Waals surface area contributed by atoms with E-state index < -0.39 is 0 Å². The Hall–Kier alpha value is -0.0600. The molecule has 0 N–H and O–H groups in total. The van der Waals surface area contributed by atoms with Gasteiger partial charge >= 0.3 is 0 Å². The number of rotatable bonds is 1. The van der Waals surface area contributed by atoms with Gasteiger partial charge in [-0.15, -0.1) is 0 Å². The van der Waals surface area contributed by atoms with Crippen molar-refractivity contribution < 1.29 is 0 Å². The van der Waals surface area contributed by atoms with Crippen LogP contribution in [0.1, 0.15) is 31.7 Å². The minimum Gasteiger partial charge on any atom is -0.323 e. The Bertz CT molecular complexity index is 238. The summed E-state index contributed by atoms with van der Waals surface area (Å²) in [5, 5.41) is 0. The van der Waals surface area contributed by atoms with Crippen LogP contribution in [-0.2, 0) is 0 Å². The summed E-state index contributed by atoms with van der Waals surface area (Å²) < 4.78 is 3.43. The molecule has 0 bridgehead atoms. The number of nitrogens with zero attached hydrogens (tertiary/aromatic N) is 2. The summed E-state index contributed by atoms with van der Waals surface area (Å²) in [4.78, 5) is 4.21. The second-order valence-electron chi connectivity index (χ2n) is 3.04. The van der Waals surface area contributed by atoms with Crippen molar-refractivity contribution in [2.75, 3.05) is 0 Å². The van der Waals surface area contributed by atoms with Crippen LogP contribution in [0.4, 0.5) is 0 Å². The highest BCUT2D eigenvalue weighted by atomic mass is 127. The van der Waals surface area contributed by atoms with Gasteiger partial charge in [0.15, 0.2) is 3.83 Å². The van der Waals surface area contributed by atoms with E-state index in [9.17, 15) is 0 Å². The molecule has 2 nitrogen and oxygen atoms in total. The van der Waals surface area contributed by atoms with E-state index in [0.29, 0.717) is 0 Å². The van der Waals surface area contributed by atoms with Crippen molar-refractivity contribution in [3.8, 4) is 0 Å². The highest BCUT2D eigenvalue weighted by molar-refractivity contribution is 14.1. The van der Waals surface area contributed by atoms with Crippen LogP contribution in [0.15, 0.2) is 12.4 Å². The minimum absolute atomic E-state index is 0.740. The fourth-order valence-electron chi connectivity index (χ4n) is 1.75. The second-order valence-corrected chi connectivity index (χ2v) is 4.01. The fourth-order valence-corrected chi connectivity index (χ4v) is 2.47. The normalized spacial score (nSPS) is 19.4. The third-order valence-electron chi connectivity index (χ3n) is 2.34. The Morgan fingerprint density at radius 2 is 2.18 bits per heavy atom. The molecule has 1 saturated carbocycles. The van der Waals surface area contributed by atoms with E-state index >= 15 is 0 Å². The molecule has 1 aliphatic carbocycles. The molecule has 2 rings (SSSR count). The monoisotopic (exact) mass is 262 g/mol. The predicted molar refractivity (Wildman–Crippen MR) is 52.4 cm³/mol. The first-order chi connectivity index (χ1) is 5.38. The SMILES string of the molecule is Ic1nccn1C1CCCC1. The van der Waals surface area contributed by atoms with Gasteiger partial charge < -0.3 is 4.57 Å². The van der Waals surface area contributed by atoms with Crippen molar-refractivity contribution in [2.24, 2.45) is 0 Å². The van der Waals surface area contributed by atoms with Gasteiger partial charge in [0.2, 0.25) is 0 Å². The van der Waals surface area contributed by atoms with Crippen LogP contribution in [-0.4, -0.2) is 9.55 Å². The molecule has 1 heterocycles. The Labute approximate surface area is 80.2 Å². The minimum atomic E-state index is 0.740. The Kier molecular flexibility index (Phi) is 2.16. The maximum Gasteiger partial charge on any atom is 0.171 e. The quantitative estimate of drug-likeness (QED) is 0.711. The summed E-state index contributed by atoms with van der Waals surface area (Å²) in [5.74, 6) is 0.